The summed E-state index contributed by atoms with van der Waals surface area (Å²) in [6.07, 6.45) is -10.5. The molecule has 1 aromatic carbocycles. The normalized spacial score (nSPS) is 12.6. The topological polar surface area (TPSA) is 35.2 Å². The van der Waals surface area contributed by atoms with Crippen LogP contribution >= 0.6 is 0 Å². The zero-order chi connectivity index (χ0) is 14.7. The smallest absolute Gasteiger partial charge is 0.419 e. The number of hydrogen-bond acceptors (Lipinski definition) is 2. The van der Waals surface area contributed by atoms with Gasteiger partial charge in [-0.25, -0.2) is 0 Å². The highest BCUT2D eigenvalue weighted by atomic mass is 19.4. The number of ether oxygens (including phenoxy) is 1. The van der Waals surface area contributed by atoms with Gasteiger partial charge in [-0.15, -0.1) is 0 Å². The molecule has 0 saturated heterocycles. The number of alkyl halides is 6. The molecular weight excluding hydrogens is 276 g/mol. The second-order valence-corrected chi connectivity index (χ2v) is 3.75. The average molecular weight is 287 g/mol. The molecule has 0 atom stereocenters. The van der Waals surface area contributed by atoms with Gasteiger partial charge in [-0.3, -0.25) is 0 Å². The van der Waals surface area contributed by atoms with E-state index in [1.165, 1.54) is 6.07 Å². The zero-order valence-corrected chi connectivity index (χ0v) is 9.61. The Hall–Kier alpha value is -1.44. The van der Waals surface area contributed by atoms with Crippen LogP contribution in [0.25, 0.3) is 0 Å². The lowest BCUT2D eigenvalue weighted by atomic mass is 10.1. The van der Waals surface area contributed by atoms with Crippen molar-refractivity contribution in [2.45, 2.75) is 25.3 Å². The first-order valence-electron chi connectivity index (χ1n) is 5.23. The fourth-order valence-corrected chi connectivity index (χ4v) is 1.33. The molecule has 0 heterocycles. The minimum absolute atomic E-state index is 0.105. The van der Waals surface area contributed by atoms with E-state index in [0.29, 0.717) is 0 Å². The van der Waals surface area contributed by atoms with Crippen LogP contribution in [0.1, 0.15) is 17.5 Å². The molecule has 0 aliphatic carbocycles. The molecule has 1 rings (SSSR count). The van der Waals surface area contributed by atoms with Crippen LogP contribution in [-0.4, -0.2) is 12.8 Å². The Morgan fingerprint density at radius 1 is 1.05 bits per heavy atom. The van der Waals surface area contributed by atoms with Crippen LogP contribution in [0.5, 0.6) is 5.75 Å². The maximum Gasteiger partial charge on any atom is 0.419 e. The summed E-state index contributed by atoms with van der Waals surface area (Å²) in [5.74, 6) is -0.631. The Morgan fingerprint density at radius 3 is 2.16 bits per heavy atom. The predicted octanol–water partition coefficient (Wildman–Crippen LogP) is 3.50. The van der Waals surface area contributed by atoms with E-state index in [1.807, 2.05) is 0 Å². The first-order chi connectivity index (χ1) is 8.63. The highest BCUT2D eigenvalue weighted by Gasteiger charge is 2.35. The third-order valence-electron chi connectivity index (χ3n) is 2.23. The standard InChI is InChI=1S/C11H11F6NO/c12-10(13,14)3-4-19-9-2-1-7(6-18)5-8(9)11(15,16)17/h1-2,5H,3-4,6,18H2. The third kappa shape index (κ3) is 4.98. The summed E-state index contributed by atoms with van der Waals surface area (Å²) in [6.45, 7) is -0.972. The summed E-state index contributed by atoms with van der Waals surface area (Å²) in [7, 11) is 0. The molecule has 0 fully saturated rings. The summed E-state index contributed by atoms with van der Waals surface area (Å²) in [4.78, 5) is 0. The minimum atomic E-state index is -4.71. The van der Waals surface area contributed by atoms with Gasteiger partial charge in [0.25, 0.3) is 0 Å². The molecule has 1 aromatic rings. The molecule has 0 aromatic heterocycles. The maximum absolute atomic E-state index is 12.7. The summed E-state index contributed by atoms with van der Waals surface area (Å²) in [6, 6.07) is 3.02. The van der Waals surface area contributed by atoms with Crippen molar-refractivity contribution in [2.24, 2.45) is 5.73 Å². The van der Waals surface area contributed by atoms with Crippen LogP contribution in [0.2, 0.25) is 0 Å². The maximum atomic E-state index is 12.7. The van der Waals surface area contributed by atoms with Gasteiger partial charge in [-0.2, -0.15) is 26.3 Å². The molecule has 8 heteroatoms. The monoisotopic (exact) mass is 287 g/mol. The van der Waals surface area contributed by atoms with Gasteiger partial charge in [-0.05, 0) is 17.7 Å². The Morgan fingerprint density at radius 2 is 1.68 bits per heavy atom. The van der Waals surface area contributed by atoms with Gasteiger partial charge < -0.3 is 10.5 Å². The molecule has 0 unspecified atom stereocenters. The van der Waals surface area contributed by atoms with E-state index >= 15 is 0 Å². The third-order valence-corrected chi connectivity index (χ3v) is 2.23. The van der Waals surface area contributed by atoms with E-state index in [1.54, 1.807) is 0 Å². The fourth-order valence-electron chi connectivity index (χ4n) is 1.33. The van der Waals surface area contributed by atoms with Crippen LogP contribution < -0.4 is 10.5 Å². The molecule has 0 bridgehead atoms. The van der Waals surface area contributed by atoms with Crippen molar-refractivity contribution >= 4 is 0 Å². The molecule has 0 amide bonds. The van der Waals surface area contributed by atoms with E-state index in [4.69, 9.17) is 5.73 Å². The molecule has 19 heavy (non-hydrogen) atoms. The Labute approximate surface area is 105 Å². The summed E-state index contributed by atoms with van der Waals surface area (Å²) < 4.78 is 78.3. The summed E-state index contributed by atoms with van der Waals surface area (Å²) >= 11 is 0. The van der Waals surface area contributed by atoms with Crippen molar-refractivity contribution < 1.29 is 31.1 Å². The molecule has 0 aliphatic rings. The van der Waals surface area contributed by atoms with Gasteiger partial charge in [0.15, 0.2) is 0 Å². The van der Waals surface area contributed by atoms with E-state index in [2.05, 4.69) is 4.74 Å². The second kappa shape index (κ2) is 5.68. The molecule has 0 saturated carbocycles. The van der Waals surface area contributed by atoms with Gasteiger partial charge >= 0.3 is 12.4 Å². The zero-order valence-electron chi connectivity index (χ0n) is 9.61. The summed E-state index contributed by atoms with van der Waals surface area (Å²) in [5, 5.41) is 0. The van der Waals surface area contributed by atoms with Crippen LogP contribution in [0.3, 0.4) is 0 Å². The number of halogens is 6. The van der Waals surface area contributed by atoms with Gasteiger partial charge in [0.1, 0.15) is 5.75 Å². The second-order valence-electron chi connectivity index (χ2n) is 3.75. The van der Waals surface area contributed by atoms with Crippen molar-refractivity contribution in [3.05, 3.63) is 29.3 Å². The Balaban J connectivity index is 2.88. The van der Waals surface area contributed by atoms with E-state index in [0.717, 1.165) is 12.1 Å². The van der Waals surface area contributed by atoms with Crippen LogP contribution in [0, 0.1) is 0 Å². The van der Waals surface area contributed by atoms with Crippen molar-refractivity contribution in [2.75, 3.05) is 6.61 Å². The van der Waals surface area contributed by atoms with Crippen molar-refractivity contribution in [3.8, 4) is 5.75 Å². The van der Waals surface area contributed by atoms with Crippen molar-refractivity contribution in [1.82, 2.24) is 0 Å². The molecule has 0 aliphatic heterocycles. The molecular formula is C11H11F6NO. The van der Waals surface area contributed by atoms with Crippen LogP contribution in [-0.2, 0) is 12.7 Å². The number of nitrogens with two attached hydrogens (primary N) is 1. The lowest BCUT2D eigenvalue weighted by Crippen LogP contribution is -2.15. The van der Waals surface area contributed by atoms with E-state index in [-0.39, 0.29) is 12.1 Å². The number of benzene rings is 1. The summed E-state index contributed by atoms with van der Waals surface area (Å²) in [5.41, 5.74) is 4.30. The molecule has 0 spiro atoms. The van der Waals surface area contributed by atoms with Crippen molar-refractivity contribution in [1.29, 1.82) is 0 Å². The highest BCUT2D eigenvalue weighted by Crippen LogP contribution is 2.37. The molecule has 108 valence electrons. The lowest BCUT2D eigenvalue weighted by molar-refractivity contribution is -0.143. The van der Waals surface area contributed by atoms with Gasteiger partial charge in [0.2, 0.25) is 0 Å². The first kappa shape index (κ1) is 15.6. The predicted molar refractivity (Wildman–Crippen MR) is 55.5 cm³/mol. The SMILES string of the molecule is NCc1ccc(OCCC(F)(F)F)c(C(F)(F)F)c1. The van der Waals surface area contributed by atoms with Crippen LogP contribution in [0.4, 0.5) is 26.3 Å². The molecule has 0 radical (unpaired) electrons. The van der Waals surface area contributed by atoms with Crippen molar-refractivity contribution in [3.63, 3.8) is 0 Å². The van der Waals surface area contributed by atoms with Gasteiger partial charge in [0.05, 0.1) is 18.6 Å². The van der Waals surface area contributed by atoms with Crippen LogP contribution in [0.15, 0.2) is 18.2 Å². The van der Waals surface area contributed by atoms with Gasteiger partial charge in [-0.1, -0.05) is 6.07 Å². The fraction of sp³-hybridized carbons (Fsp3) is 0.455. The Kier molecular flexibility index (Phi) is 4.67. The quantitative estimate of drug-likeness (QED) is 0.860. The lowest BCUT2D eigenvalue weighted by Gasteiger charge is -2.15. The van der Waals surface area contributed by atoms with E-state index in [9.17, 15) is 26.3 Å². The highest BCUT2D eigenvalue weighted by molar-refractivity contribution is 5.39. The van der Waals surface area contributed by atoms with Gasteiger partial charge in [0, 0.05) is 6.54 Å². The largest absolute Gasteiger partial charge is 0.493 e. The number of hydrogen-bond donors (Lipinski definition) is 1. The number of rotatable bonds is 4. The molecule has 2 N–H and O–H groups in total. The molecule has 2 nitrogen and oxygen atoms in total. The Bertz CT molecular complexity index is 426. The first-order valence-corrected chi connectivity index (χ1v) is 5.23. The van der Waals surface area contributed by atoms with E-state index < -0.39 is 36.7 Å². The minimum Gasteiger partial charge on any atom is -0.493 e. The average Bonchev–Trinajstić information content (AvgIpc) is 2.26.